The molecule has 34 heavy (non-hydrogen) atoms. The number of amides is 1. The van der Waals surface area contributed by atoms with Gasteiger partial charge in [0.05, 0.1) is 12.5 Å². The van der Waals surface area contributed by atoms with Gasteiger partial charge in [-0.2, -0.15) is 11.8 Å². The number of anilines is 1. The van der Waals surface area contributed by atoms with E-state index in [9.17, 15) is 9.59 Å². The lowest BCUT2D eigenvalue weighted by molar-refractivity contribution is -0.125. The highest BCUT2D eigenvalue weighted by Crippen LogP contribution is 2.22. The van der Waals surface area contributed by atoms with Crippen LogP contribution in [-0.2, 0) is 11.3 Å². The van der Waals surface area contributed by atoms with Crippen molar-refractivity contribution < 1.29 is 4.79 Å². The van der Waals surface area contributed by atoms with Gasteiger partial charge in [0.15, 0.2) is 11.5 Å². The van der Waals surface area contributed by atoms with Crippen molar-refractivity contribution in [2.45, 2.75) is 39.2 Å². The van der Waals surface area contributed by atoms with Crippen LogP contribution in [0.2, 0.25) is 0 Å². The summed E-state index contributed by atoms with van der Waals surface area (Å²) in [5, 5.41) is 3.10. The summed E-state index contributed by atoms with van der Waals surface area (Å²) in [5.74, 6) is 2.59. The minimum atomic E-state index is -0.163. The first-order valence-electron chi connectivity index (χ1n) is 12.2. The van der Waals surface area contributed by atoms with Crippen molar-refractivity contribution in [2.75, 3.05) is 36.0 Å². The van der Waals surface area contributed by atoms with E-state index >= 15 is 0 Å². The third-order valence-corrected chi connectivity index (χ3v) is 7.35. The van der Waals surface area contributed by atoms with Crippen LogP contribution < -0.4 is 15.8 Å². The van der Waals surface area contributed by atoms with Gasteiger partial charge in [-0.1, -0.05) is 37.3 Å². The van der Waals surface area contributed by atoms with Gasteiger partial charge < -0.3 is 10.2 Å². The number of hydrogen-bond acceptors (Lipinski definition) is 6. The minimum absolute atomic E-state index is 0.0808. The van der Waals surface area contributed by atoms with Crippen LogP contribution in [0, 0.1) is 5.92 Å². The topological polar surface area (TPSA) is 80.1 Å². The molecule has 8 heteroatoms. The Balaban J connectivity index is 1.51. The Hall–Kier alpha value is -2.87. The number of fused-ring (bicyclic) bond motifs is 1. The maximum absolute atomic E-state index is 13.6. The van der Waals surface area contributed by atoms with Crippen LogP contribution in [0.5, 0.6) is 0 Å². The molecular weight excluding hydrogens is 446 g/mol. The molecule has 3 aromatic rings. The molecule has 0 radical (unpaired) electrons. The second-order valence-corrected chi connectivity index (χ2v) is 9.93. The fraction of sp³-hybridized carbons (Fsp3) is 0.462. The summed E-state index contributed by atoms with van der Waals surface area (Å²) in [6.45, 7) is 4.54. The van der Waals surface area contributed by atoms with Gasteiger partial charge in [0.1, 0.15) is 5.52 Å². The molecule has 1 saturated heterocycles. The second kappa shape index (κ2) is 12.0. The third-order valence-electron chi connectivity index (χ3n) is 6.07. The van der Waals surface area contributed by atoms with E-state index in [0.717, 1.165) is 37.1 Å². The second-order valence-electron chi connectivity index (χ2n) is 8.70. The molecule has 0 spiro atoms. The lowest BCUT2D eigenvalue weighted by atomic mass is 9.97. The summed E-state index contributed by atoms with van der Waals surface area (Å²) < 4.78 is 1.70. The largest absolute Gasteiger partial charge is 0.356 e. The first-order chi connectivity index (χ1) is 16.7. The van der Waals surface area contributed by atoms with Gasteiger partial charge in [-0.05, 0) is 54.9 Å². The molecule has 1 N–H and O–H groups in total. The molecule has 1 aliphatic rings. The van der Waals surface area contributed by atoms with Crippen molar-refractivity contribution in [3.05, 3.63) is 64.6 Å². The maximum Gasteiger partial charge on any atom is 0.295 e. The third kappa shape index (κ3) is 5.97. The number of carbonyl (C=O) groups is 1. The molecule has 1 amide bonds. The molecule has 0 unspecified atom stereocenters. The monoisotopic (exact) mass is 479 g/mol. The van der Waals surface area contributed by atoms with Gasteiger partial charge >= 0.3 is 0 Å². The molecule has 1 fully saturated rings. The average molecular weight is 480 g/mol. The van der Waals surface area contributed by atoms with Crippen LogP contribution >= 0.6 is 11.8 Å². The van der Waals surface area contributed by atoms with E-state index < -0.39 is 0 Å². The van der Waals surface area contributed by atoms with Gasteiger partial charge in [-0.25, -0.2) is 9.97 Å². The van der Waals surface area contributed by atoms with E-state index in [0.29, 0.717) is 36.6 Å². The van der Waals surface area contributed by atoms with Crippen LogP contribution in [0.3, 0.4) is 0 Å². The minimum Gasteiger partial charge on any atom is -0.356 e. The number of hydrogen-bond donors (Lipinski definition) is 1. The number of nitrogens with one attached hydrogen (secondary N) is 1. The number of thioether (sulfide) groups is 1. The van der Waals surface area contributed by atoms with Crippen LogP contribution in [0.1, 0.15) is 38.2 Å². The van der Waals surface area contributed by atoms with Gasteiger partial charge in [-0.15, -0.1) is 0 Å². The number of nitrogens with zero attached hydrogens (tertiary/aromatic N) is 4. The number of aromatic nitrogens is 3. The Bertz CT molecular complexity index is 1150. The highest BCUT2D eigenvalue weighted by molar-refractivity contribution is 7.99. The molecule has 0 aliphatic carbocycles. The SMILES string of the molecule is CCCSCCCNC(=O)[C@@H]1CCCN(c2nc3cccnc3n(Cc3ccccc3)c2=O)C1. The number of benzene rings is 1. The summed E-state index contributed by atoms with van der Waals surface area (Å²) in [6, 6.07) is 13.6. The highest BCUT2D eigenvalue weighted by Gasteiger charge is 2.28. The Labute approximate surface area is 205 Å². The van der Waals surface area contributed by atoms with Crippen LogP contribution in [0.4, 0.5) is 5.82 Å². The normalized spacial score (nSPS) is 16.0. The summed E-state index contributed by atoms with van der Waals surface area (Å²) in [7, 11) is 0. The summed E-state index contributed by atoms with van der Waals surface area (Å²) >= 11 is 1.93. The Kier molecular flexibility index (Phi) is 8.57. The highest BCUT2D eigenvalue weighted by atomic mass is 32.2. The van der Waals surface area contributed by atoms with Crippen molar-refractivity contribution in [3.8, 4) is 0 Å². The van der Waals surface area contributed by atoms with E-state index in [-0.39, 0.29) is 17.4 Å². The van der Waals surface area contributed by atoms with Gasteiger partial charge in [0, 0.05) is 25.8 Å². The zero-order valence-corrected chi connectivity index (χ0v) is 20.6. The van der Waals surface area contributed by atoms with E-state index in [1.54, 1.807) is 10.8 Å². The molecule has 1 aromatic carbocycles. The van der Waals surface area contributed by atoms with Crippen molar-refractivity contribution in [1.29, 1.82) is 0 Å². The standard InChI is InChI=1S/C26H33N5O2S/c1-2-16-34-17-8-14-28-25(32)21-11-7-15-30(19-21)24-26(33)31(18-20-9-4-3-5-10-20)23-22(29-24)12-6-13-27-23/h3-6,9-10,12-13,21H,2,7-8,11,14-19H2,1H3,(H,28,32)/t21-/m1/s1. The lowest BCUT2D eigenvalue weighted by Crippen LogP contribution is -2.46. The van der Waals surface area contributed by atoms with Crippen LogP contribution in [0.25, 0.3) is 11.2 Å². The van der Waals surface area contributed by atoms with Gasteiger partial charge in [0.2, 0.25) is 5.91 Å². The Morgan fingerprint density at radius 2 is 2.03 bits per heavy atom. The van der Waals surface area contributed by atoms with Crippen molar-refractivity contribution in [2.24, 2.45) is 5.92 Å². The molecular formula is C26H33N5O2S. The van der Waals surface area contributed by atoms with E-state index in [1.807, 2.05) is 59.1 Å². The van der Waals surface area contributed by atoms with Crippen LogP contribution in [0.15, 0.2) is 53.5 Å². The molecule has 0 bridgehead atoms. The summed E-state index contributed by atoms with van der Waals surface area (Å²) in [6.07, 6.45) is 5.54. The van der Waals surface area contributed by atoms with Crippen molar-refractivity contribution >= 4 is 34.7 Å². The number of piperidine rings is 1. The van der Waals surface area contributed by atoms with Gasteiger partial charge in [0.25, 0.3) is 5.56 Å². The maximum atomic E-state index is 13.6. The molecule has 4 rings (SSSR count). The number of rotatable bonds is 10. The fourth-order valence-electron chi connectivity index (χ4n) is 4.34. The molecule has 7 nitrogen and oxygen atoms in total. The van der Waals surface area contributed by atoms with Crippen LogP contribution in [-0.4, -0.2) is 51.6 Å². The molecule has 0 saturated carbocycles. The molecule has 1 atom stereocenters. The average Bonchev–Trinajstić information content (AvgIpc) is 2.88. The van der Waals surface area contributed by atoms with E-state index in [1.165, 1.54) is 12.2 Å². The molecule has 2 aromatic heterocycles. The van der Waals surface area contributed by atoms with E-state index in [2.05, 4.69) is 17.2 Å². The summed E-state index contributed by atoms with van der Waals surface area (Å²) in [4.78, 5) is 37.5. The zero-order chi connectivity index (χ0) is 23.8. The summed E-state index contributed by atoms with van der Waals surface area (Å²) in [5.41, 5.74) is 2.13. The Morgan fingerprint density at radius 1 is 1.18 bits per heavy atom. The molecule has 3 heterocycles. The first-order valence-corrected chi connectivity index (χ1v) is 13.3. The van der Waals surface area contributed by atoms with E-state index in [4.69, 9.17) is 4.98 Å². The fourth-order valence-corrected chi connectivity index (χ4v) is 5.18. The lowest BCUT2D eigenvalue weighted by Gasteiger charge is -2.32. The zero-order valence-electron chi connectivity index (χ0n) is 19.8. The van der Waals surface area contributed by atoms with Gasteiger partial charge in [-0.3, -0.25) is 14.2 Å². The molecule has 1 aliphatic heterocycles. The Morgan fingerprint density at radius 3 is 2.85 bits per heavy atom. The number of pyridine rings is 1. The first kappa shape index (κ1) is 24.3. The predicted molar refractivity (Wildman–Crippen MR) is 140 cm³/mol. The number of carbonyl (C=O) groups excluding carboxylic acids is 1. The quantitative estimate of drug-likeness (QED) is 0.447. The van der Waals surface area contributed by atoms with Crippen molar-refractivity contribution in [1.82, 2.24) is 19.9 Å². The predicted octanol–water partition coefficient (Wildman–Crippen LogP) is 3.71. The smallest absolute Gasteiger partial charge is 0.295 e. The molecule has 180 valence electrons. The van der Waals surface area contributed by atoms with Crippen molar-refractivity contribution in [3.63, 3.8) is 0 Å².